The van der Waals surface area contributed by atoms with E-state index in [9.17, 15) is 14.0 Å². The largest absolute Gasteiger partial charge is 0.351 e. The fourth-order valence-electron chi connectivity index (χ4n) is 3.53. The fourth-order valence-corrected chi connectivity index (χ4v) is 3.53. The van der Waals surface area contributed by atoms with Crippen molar-refractivity contribution in [1.82, 2.24) is 15.3 Å². The molecule has 3 amide bonds. The molecular formula is C20H24FN7O2. The second kappa shape index (κ2) is 7.77. The molecule has 1 aliphatic heterocycles. The number of hydrogen-bond acceptors (Lipinski definition) is 6. The van der Waals surface area contributed by atoms with E-state index in [4.69, 9.17) is 0 Å². The maximum absolute atomic E-state index is 12.9. The Kier molecular flexibility index (Phi) is 5.15. The maximum atomic E-state index is 12.9. The van der Waals surface area contributed by atoms with Gasteiger partial charge in [-0.05, 0) is 51.0 Å². The van der Waals surface area contributed by atoms with Gasteiger partial charge in [0, 0.05) is 24.8 Å². The minimum absolute atomic E-state index is 0.0312. The molecule has 0 spiro atoms. The summed E-state index contributed by atoms with van der Waals surface area (Å²) >= 11 is 0. The van der Waals surface area contributed by atoms with Crippen LogP contribution in [0.15, 0.2) is 24.3 Å². The summed E-state index contributed by atoms with van der Waals surface area (Å²) in [5.41, 5.74) is 1.87. The van der Waals surface area contributed by atoms with Crippen molar-refractivity contribution in [2.24, 2.45) is 0 Å². The lowest BCUT2D eigenvalue weighted by molar-refractivity contribution is -0.117. The monoisotopic (exact) mass is 413 g/mol. The van der Waals surface area contributed by atoms with Gasteiger partial charge in [0.25, 0.3) is 0 Å². The Morgan fingerprint density at radius 1 is 1.20 bits per heavy atom. The molecule has 1 atom stereocenters. The van der Waals surface area contributed by atoms with Crippen molar-refractivity contribution < 1.29 is 14.0 Å². The van der Waals surface area contributed by atoms with E-state index in [0.29, 0.717) is 28.8 Å². The molecule has 4 N–H and O–H groups in total. The van der Waals surface area contributed by atoms with Crippen LogP contribution in [-0.2, 0) is 4.79 Å². The number of urea groups is 1. The van der Waals surface area contributed by atoms with Crippen LogP contribution in [0.2, 0.25) is 0 Å². The lowest BCUT2D eigenvalue weighted by atomic mass is 9.87. The highest BCUT2D eigenvalue weighted by Gasteiger charge is 2.33. The molecule has 0 bridgehead atoms. The predicted molar refractivity (Wildman–Crippen MR) is 112 cm³/mol. The number of fused-ring (bicyclic) bond motifs is 1. The van der Waals surface area contributed by atoms with Crippen molar-refractivity contribution in [2.45, 2.75) is 44.8 Å². The van der Waals surface area contributed by atoms with Gasteiger partial charge in [0.15, 0.2) is 5.82 Å². The molecule has 2 aliphatic rings. The number of benzene rings is 1. The number of carbonyl (C=O) groups is 2. The summed E-state index contributed by atoms with van der Waals surface area (Å²) in [4.78, 5) is 34.9. The van der Waals surface area contributed by atoms with Gasteiger partial charge in [-0.15, -0.1) is 0 Å². The lowest BCUT2D eigenvalue weighted by Gasteiger charge is -2.37. The molecule has 0 unspecified atom stereocenters. The Hall–Kier alpha value is -3.43. The van der Waals surface area contributed by atoms with Crippen LogP contribution in [-0.4, -0.2) is 47.1 Å². The van der Waals surface area contributed by atoms with Crippen molar-refractivity contribution in [3.05, 3.63) is 35.8 Å². The summed E-state index contributed by atoms with van der Waals surface area (Å²) in [6.45, 7) is 3.66. The summed E-state index contributed by atoms with van der Waals surface area (Å²) in [6.07, 6.45) is 1.47. The van der Waals surface area contributed by atoms with Crippen LogP contribution in [0.5, 0.6) is 0 Å². The third kappa shape index (κ3) is 3.98. The molecule has 1 aliphatic carbocycles. The summed E-state index contributed by atoms with van der Waals surface area (Å²) in [5, 5.41) is 11.7. The van der Waals surface area contributed by atoms with Crippen molar-refractivity contribution >= 4 is 35.1 Å². The van der Waals surface area contributed by atoms with Crippen molar-refractivity contribution in [1.29, 1.82) is 0 Å². The van der Waals surface area contributed by atoms with Crippen LogP contribution in [0.4, 0.5) is 32.3 Å². The van der Waals surface area contributed by atoms with Crippen LogP contribution in [0.3, 0.4) is 0 Å². The quantitative estimate of drug-likeness (QED) is 0.613. The summed E-state index contributed by atoms with van der Waals surface area (Å²) < 4.78 is 12.9. The molecule has 158 valence electrons. The van der Waals surface area contributed by atoms with E-state index in [1.807, 2.05) is 25.8 Å². The molecule has 0 saturated heterocycles. The van der Waals surface area contributed by atoms with Crippen molar-refractivity contribution in [3.8, 4) is 0 Å². The molecule has 2 heterocycles. The van der Waals surface area contributed by atoms with E-state index in [2.05, 4.69) is 31.2 Å². The van der Waals surface area contributed by atoms with Gasteiger partial charge in [-0.3, -0.25) is 4.79 Å². The first-order chi connectivity index (χ1) is 14.3. The molecule has 1 saturated carbocycles. The van der Waals surface area contributed by atoms with Gasteiger partial charge in [0.1, 0.15) is 17.5 Å². The lowest BCUT2D eigenvalue weighted by Crippen LogP contribution is -2.51. The third-order valence-electron chi connectivity index (χ3n) is 5.52. The van der Waals surface area contributed by atoms with E-state index in [0.717, 1.165) is 12.8 Å². The first-order valence-corrected chi connectivity index (χ1v) is 9.82. The summed E-state index contributed by atoms with van der Waals surface area (Å²) in [5.74, 6) is 0.756. The normalized spacial score (nSPS) is 22.5. The third-order valence-corrected chi connectivity index (χ3v) is 5.52. The Bertz CT molecular complexity index is 976. The smallest absolute Gasteiger partial charge is 0.319 e. The average molecular weight is 413 g/mol. The number of likely N-dealkylation sites (N-methyl/N-ethyl adjacent to an activating group) is 1. The minimum atomic E-state index is -0.350. The number of rotatable bonds is 4. The van der Waals surface area contributed by atoms with Crippen LogP contribution in [0, 0.1) is 12.7 Å². The Morgan fingerprint density at radius 2 is 1.90 bits per heavy atom. The molecule has 1 aromatic heterocycles. The fraction of sp³-hybridized carbons (Fsp3) is 0.400. The second-order valence-corrected chi connectivity index (χ2v) is 7.72. The van der Waals surface area contributed by atoms with Gasteiger partial charge in [-0.1, -0.05) is 0 Å². The van der Waals surface area contributed by atoms with E-state index in [1.54, 1.807) is 0 Å². The number of hydrogen-bond donors (Lipinski definition) is 4. The first kappa shape index (κ1) is 19.9. The Morgan fingerprint density at radius 3 is 2.60 bits per heavy atom. The molecule has 10 heteroatoms. The molecule has 1 aromatic carbocycles. The molecule has 0 radical (unpaired) electrons. The molecule has 1 fully saturated rings. The topological polar surface area (TPSA) is 111 Å². The van der Waals surface area contributed by atoms with Gasteiger partial charge in [-0.25, -0.2) is 14.2 Å². The Balaban J connectivity index is 1.31. The van der Waals surface area contributed by atoms with Crippen LogP contribution >= 0.6 is 0 Å². The van der Waals surface area contributed by atoms with Crippen molar-refractivity contribution in [2.75, 3.05) is 27.9 Å². The number of nitrogens with zero attached hydrogens (tertiary/aromatic N) is 3. The summed E-state index contributed by atoms with van der Waals surface area (Å²) in [7, 11) is 1.83. The van der Waals surface area contributed by atoms with Gasteiger partial charge >= 0.3 is 6.03 Å². The van der Waals surface area contributed by atoms with Gasteiger partial charge in [-0.2, -0.15) is 4.98 Å². The van der Waals surface area contributed by atoms with Crippen LogP contribution in [0.25, 0.3) is 0 Å². The zero-order valence-corrected chi connectivity index (χ0v) is 17.0. The highest BCUT2D eigenvalue weighted by Crippen LogP contribution is 2.33. The molecule has 30 heavy (non-hydrogen) atoms. The number of aromatic nitrogens is 2. The van der Waals surface area contributed by atoms with E-state index < -0.39 is 0 Å². The number of aryl methyl sites for hydroxylation is 1. The van der Waals surface area contributed by atoms with E-state index in [1.165, 1.54) is 24.3 Å². The number of halogens is 1. The predicted octanol–water partition coefficient (Wildman–Crippen LogP) is 2.47. The number of anilines is 4. The minimum Gasteiger partial charge on any atom is -0.351 e. The van der Waals surface area contributed by atoms with Gasteiger partial charge in [0.05, 0.1) is 5.69 Å². The number of amides is 3. The highest BCUT2D eigenvalue weighted by molar-refractivity contribution is 6.03. The van der Waals surface area contributed by atoms with Gasteiger partial charge in [0.2, 0.25) is 11.9 Å². The zero-order valence-electron chi connectivity index (χ0n) is 17.0. The number of nitrogens with one attached hydrogen (secondary N) is 4. The standard InChI is InChI=1S/C20H24FN7O2/c1-10-16-17(28(3)11(2)18(29)26-16)27-19(22-10)23-14-8-15(9-14)25-20(30)24-13-6-4-12(21)5-7-13/h4-7,11,14-15H,8-9H2,1-3H3,(H,26,29)(H,22,23,27)(H2,24,25,30)/t11-,14-,15+/m0/s1. The SMILES string of the molecule is Cc1nc(N[C@H]2C[C@@H](NC(=O)Nc3ccc(F)cc3)C2)nc2c1NC(=O)[C@H](C)N2C. The first-order valence-electron chi connectivity index (χ1n) is 9.82. The zero-order chi connectivity index (χ0) is 21.4. The van der Waals surface area contributed by atoms with E-state index in [-0.39, 0.29) is 35.9 Å². The maximum Gasteiger partial charge on any atom is 0.319 e. The average Bonchev–Trinajstić information content (AvgIpc) is 2.67. The van der Waals surface area contributed by atoms with Crippen molar-refractivity contribution in [3.63, 3.8) is 0 Å². The van der Waals surface area contributed by atoms with Crippen LogP contribution < -0.4 is 26.2 Å². The summed E-state index contributed by atoms with van der Waals surface area (Å²) in [6, 6.07) is 5.15. The highest BCUT2D eigenvalue weighted by atomic mass is 19.1. The molecular weight excluding hydrogens is 389 g/mol. The molecule has 9 nitrogen and oxygen atoms in total. The molecule has 2 aromatic rings. The van der Waals surface area contributed by atoms with Crippen LogP contribution in [0.1, 0.15) is 25.5 Å². The second-order valence-electron chi connectivity index (χ2n) is 7.72. The van der Waals surface area contributed by atoms with Gasteiger partial charge < -0.3 is 26.2 Å². The Labute approximate surface area is 173 Å². The number of carbonyl (C=O) groups excluding carboxylic acids is 2. The van der Waals surface area contributed by atoms with E-state index >= 15 is 0 Å². The molecule has 4 rings (SSSR count).